The SMILES string of the molecule is CCCNc1cc(C(F)(F)F)cc(-n2cccn2)n1. The number of nitrogens with zero attached hydrogens (tertiary/aromatic N) is 3. The monoisotopic (exact) mass is 270 g/mol. The molecular weight excluding hydrogens is 257 g/mol. The van der Waals surface area contributed by atoms with E-state index in [9.17, 15) is 13.2 Å². The fourth-order valence-electron chi connectivity index (χ4n) is 1.54. The Labute approximate surface area is 108 Å². The summed E-state index contributed by atoms with van der Waals surface area (Å²) in [4.78, 5) is 4.12. The van der Waals surface area contributed by atoms with E-state index in [2.05, 4.69) is 15.4 Å². The number of rotatable bonds is 4. The van der Waals surface area contributed by atoms with Crippen molar-refractivity contribution in [3.05, 3.63) is 36.2 Å². The van der Waals surface area contributed by atoms with Gasteiger partial charge in [-0.15, -0.1) is 0 Å². The zero-order chi connectivity index (χ0) is 13.9. The van der Waals surface area contributed by atoms with Gasteiger partial charge in [0.05, 0.1) is 5.56 Å². The van der Waals surface area contributed by atoms with Crippen molar-refractivity contribution >= 4 is 5.82 Å². The second-order valence-electron chi connectivity index (χ2n) is 3.97. The summed E-state index contributed by atoms with van der Waals surface area (Å²) < 4.78 is 39.8. The van der Waals surface area contributed by atoms with Crippen LogP contribution in [-0.2, 0) is 6.18 Å². The molecule has 102 valence electrons. The minimum Gasteiger partial charge on any atom is -0.370 e. The maximum atomic E-state index is 12.8. The third-order valence-corrected chi connectivity index (χ3v) is 2.43. The van der Waals surface area contributed by atoms with Crippen LogP contribution in [0.15, 0.2) is 30.6 Å². The van der Waals surface area contributed by atoms with Crippen LogP contribution >= 0.6 is 0 Å². The Bertz CT molecular complexity index is 534. The summed E-state index contributed by atoms with van der Waals surface area (Å²) in [6, 6.07) is 3.61. The smallest absolute Gasteiger partial charge is 0.370 e. The lowest BCUT2D eigenvalue weighted by atomic mass is 10.2. The summed E-state index contributed by atoms with van der Waals surface area (Å²) in [6.45, 7) is 2.49. The Morgan fingerprint density at radius 3 is 2.68 bits per heavy atom. The van der Waals surface area contributed by atoms with Crippen LogP contribution in [0.1, 0.15) is 18.9 Å². The van der Waals surface area contributed by atoms with E-state index in [1.165, 1.54) is 10.9 Å². The van der Waals surface area contributed by atoms with E-state index in [0.717, 1.165) is 18.6 Å². The number of halogens is 3. The lowest BCUT2D eigenvalue weighted by molar-refractivity contribution is -0.137. The normalized spacial score (nSPS) is 11.6. The van der Waals surface area contributed by atoms with E-state index in [4.69, 9.17) is 0 Å². The molecule has 1 N–H and O–H groups in total. The first-order valence-electron chi connectivity index (χ1n) is 5.84. The number of hydrogen-bond donors (Lipinski definition) is 1. The van der Waals surface area contributed by atoms with Gasteiger partial charge in [-0.05, 0) is 24.6 Å². The summed E-state index contributed by atoms with van der Waals surface area (Å²) in [5.41, 5.74) is -0.744. The van der Waals surface area contributed by atoms with Crippen LogP contribution in [0.2, 0.25) is 0 Å². The van der Waals surface area contributed by atoms with Crippen molar-refractivity contribution < 1.29 is 13.2 Å². The predicted octanol–water partition coefficient (Wildman–Crippen LogP) is 3.11. The maximum absolute atomic E-state index is 12.8. The minimum absolute atomic E-state index is 0.137. The number of anilines is 1. The van der Waals surface area contributed by atoms with Gasteiger partial charge in [0.1, 0.15) is 5.82 Å². The molecule has 0 radical (unpaired) electrons. The van der Waals surface area contributed by atoms with Crippen LogP contribution in [-0.4, -0.2) is 21.3 Å². The summed E-state index contributed by atoms with van der Waals surface area (Å²) >= 11 is 0. The van der Waals surface area contributed by atoms with Crippen molar-refractivity contribution in [2.75, 3.05) is 11.9 Å². The lowest BCUT2D eigenvalue weighted by Crippen LogP contribution is -2.11. The molecule has 0 aliphatic heterocycles. The van der Waals surface area contributed by atoms with Crippen LogP contribution in [0.4, 0.5) is 19.0 Å². The van der Waals surface area contributed by atoms with E-state index < -0.39 is 11.7 Å². The van der Waals surface area contributed by atoms with Crippen molar-refractivity contribution in [1.82, 2.24) is 14.8 Å². The van der Waals surface area contributed by atoms with Gasteiger partial charge in [-0.25, -0.2) is 9.67 Å². The van der Waals surface area contributed by atoms with E-state index in [1.807, 2.05) is 6.92 Å². The van der Waals surface area contributed by atoms with Crippen molar-refractivity contribution in [1.29, 1.82) is 0 Å². The van der Waals surface area contributed by atoms with Gasteiger partial charge in [-0.2, -0.15) is 18.3 Å². The molecule has 0 unspecified atom stereocenters. The molecular formula is C12H13F3N4. The Hall–Kier alpha value is -2.05. The number of hydrogen-bond acceptors (Lipinski definition) is 3. The first kappa shape index (κ1) is 13.4. The molecule has 4 nitrogen and oxygen atoms in total. The van der Waals surface area contributed by atoms with Crippen LogP contribution in [0.5, 0.6) is 0 Å². The van der Waals surface area contributed by atoms with E-state index >= 15 is 0 Å². The van der Waals surface area contributed by atoms with E-state index in [0.29, 0.717) is 6.54 Å². The Balaban J connectivity index is 2.43. The zero-order valence-electron chi connectivity index (χ0n) is 10.3. The highest BCUT2D eigenvalue weighted by Crippen LogP contribution is 2.31. The first-order valence-corrected chi connectivity index (χ1v) is 5.84. The van der Waals surface area contributed by atoms with Gasteiger partial charge in [-0.1, -0.05) is 6.92 Å². The van der Waals surface area contributed by atoms with Crippen LogP contribution in [0.25, 0.3) is 5.82 Å². The quantitative estimate of drug-likeness (QED) is 0.928. The minimum atomic E-state index is -4.41. The third-order valence-electron chi connectivity index (χ3n) is 2.43. The van der Waals surface area contributed by atoms with Gasteiger partial charge < -0.3 is 5.32 Å². The second-order valence-corrected chi connectivity index (χ2v) is 3.97. The van der Waals surface area contributed by atoms with Crippen molar-refractivity contribution in [2.24, 2.45) is 0 Å². The molecule has 0 atom stereocenters. The standard InChI is InChI=1S/C12H13F3N4/c1-2-4-16-10-7-9(12(13,14)15)8-11(18-10)19-6-3-5-17-19/h3,5-8H,2,4H2,1H3,(H,16,18). The van der Waals surface area contributed by atoms with Crippen LogP contribution in [0, 0.1) is 0 Å². The van der Waals surface area contributed by atoms with Gasteiger partial charge >= 0.3 is 6.18 Å². The summed E-state index contributed by atoms with van der Waals surface area (Å²) in [5.74, 6) is 0.334. The molecule has 0 aliphatic rings. The van der Waals surface area contributed by atoms with E-state index in [1.54, 1.807) is 12.3 Å². The molecule has 2 rings (SSSR count). The maximum Gasteiger partial charge on any atom is 0.416 e. The highest BCUT2D eigenvalue weighted by molar-refractivity contribution is 5.44. The first-order chi connectivity index (χ1) is 9.00. The molecule has 2 aromatic heterocycles. The number of alkyl halides is 3. The molecule has 7 heteroatoms. The lowest BCUT2D eigenvalue weighted by Gasteiger charge is -2.12. The Kier molecular flexibility index (Phi) is 3.73. The highest BCUT2D eigenvalue weighted by atomic mass is 19.4. The number of aromatic nitrogens is 3. The van der Waals surface area contributed by atoms with Gasteiger partial charge in [0.15, 0.2) is 5.82 Å². The van der Waals surface area contributed by atoms with Crippen molar-refractivity contribution in [3.8, 4) is 5.82 Å². The van der Waals surface area contributed by atoms with Crippen molar-refractivity contribution in [2.45, 2.75) is 19.5 Å². The second kappa shape index (κ2) is 5.29. The zero-order valence-corrected chi connectivity index (χ0v) is 10.3. The Morgan fingerprint density at radius 2 is 2.11 bits per heavy atom. The largest absolute Gasteiger partial charge is 0.416 e. The van der Waals surface area contributed by atoms with Crippen LogP contribution < -0.4 is 5.32 Å². The molecule has 2 aromatic rings. The van der Waals surface area contributed by atoms with Crippen LogP contribution in [0.3, 0.4) is 0 Å². The molecule has 0 saturated heterocycles. The molecule has 0 spiro atoms. The molecule has 0 bridgehead atoms. The average Bonchev–Trinajstić information content (AvgIpc) is 2.89. The molecule has 0 aromatic carbocycles. The van der Waals surface area contributed by atoms with Crippen molar-refractivity contribution in [3.63, 3.8) is 0 Å². The van der Waals surface area contributed by atoms with Gasteiger partial charge in [0.2, 0.25) is 0 Å². The molecule has 19 heavy (non-hydrogen) atoms. The third kappa shape index (κ3) is 3.24. The predicted molar refractivity (Wildman–Crippen MR) is 65.1 cm³/mol. The topological polar surface area (TPSA) is 42.7 Å². The Morgan fingerprint density at radius 1 is 1.32 bits per heavy atom. The molecule has 0 aliphatic carbocycles. The molecule has 0 saturated carbocycles. The fourth-order valence-corrected chi connectivity index (χ4v) is 1.54. The van der Waals surface area contributed by atoms with Gasteiger partial charge in [0.25, 0.3) is 0 Å². The highest BCUT2D eigenvalue weighted by Gasteiger charge is 2.31. The number of pyridine rings is 1. The molecule has 0 amide bonds. The summed E-state index contributed by atoms with van der Waals surface area (Å²) in [7, 11) is 0. The molecule has 2 heterocycles. The van der Waals surface area contributed by atoms with Gasteiger partial charge in [-0.3, -0.25) is 0 Å². The summed E-state index contributed by atoms with van der Waals surface area (Å²) in [6.07, 6.45) is -0.574. The molecule has 0 fully saturated rings. The number of nitrogens with one attached hydrogen (secondary N) is 1. The average molecular weight is 270 g/mol. The summed E-state index contributed by atoms with van der Waals surface area (Å²) in [5, 5.41) is 6.75. The van der Waals surface area contributed by atoms with Gasteiger partial charge in [0, 0.05) is 18.9 Å². The fraction of sp³-hybridized carbons (Fsp3) is 0.333. The van der Waals surface area contributed by atoms with E-state index in [-0.39, 0.29) is 11.6 Å².